The molecule has 1 aromatic rings. The molecular formula is C18H30N6O4S. The zero-order valence-corrected chi connectivity index (χ0v) is 18.1. The van der Waals surface area contributed by atoms with E-state index in [1.54, 1.807) is 18.7 Å². The Bertz CT molecular complexity index is 863. The number of likely N-dealkylation sites (N-methyl/N-ethyl adjacent to an activating group) is 1. The molecule has 3 saturated heterocycles. The molecule has 162 valence electrons. The molecule has 0 aromatic carbocycles. The van der Waals surface area contributed by atoms with Crippen LogP contribution in [-0.4, -0.2) is 115 Å². The Hall–Kier alpha value is -1.53. The van der Waals surface area contributed by atoms with E-state index >= 15 is 0 Å². The second-order valence-electron chi connectivity index (χ2n) is 8.22. The SMILES string of the molecule is COCCN1C(=O)[C@H]2CN(C)CCN2C12CCN(S(=O)(=O)c1cn(C)cn1)CC2. The van der Waals surface area contributed by atoms with Gasteiger partial charge in [-0.25, -0.2) is 13.4 Å². The van der Waals surface area contributed by atoms with Crippen LogP contribution in [0.4, 0.5) is 0 Å². The lowest BCUT2D eigenvalue weighted by Crippen LogP contribution is -2.63. The molecule has 10 nitrogen and oxygen atoms in total. The molecule has 0 bridgehead atoms. The van der Waals surface area contributed by atoms with Gasteiger partial charge < -0.3 is 19.1 Å². The van der Waals surface area contributed by atoms with E-state index in [0.717, 1.165) is 13.1 Å². The molecule has 0 saturated carbocycles. The van der Waals surface area contributed by atoms with Crippen molar-refractivity contribution in [3.8, 4) is 0 Å². The van der Waals surface area contributed by atoms with E-state index in [0.29, 0.717) is 45.6 Å². The number of imidazole rings is 1. The molecule has 3 fully saturated rings. The van der Waals surface area contributed by atoms with E-state index in [1.807, 2.05) is 11.9 Å². The molecule has 0 aliphatic carbocycles. The van der Waals surface area contributed by atoms with Gasteiger partial charge in [0.05, 0.1) is 18.6 Å². The number of piperidine rings is 1. The normalized spacial score (nSPS) is 26.4. The van der Waals surface area contributed by atoms with Gasteiger partial charge in [0.25, 0.3) is 10.0 Å². The molecule has 3 aliphatic rings. The van der Waals surface area contributed by atoms with Crippen LogP contribution in [0.5, 0.6) is 0 Å². The minimum absolute atomic E-state index is 0.0761. The monoisotopic (exact) mass is 426 g/mol. The number of rotatable bonds is 5. The van der Waals surface area contributed by atoms with Crippen molar-refractivity contribution in [1.29, 1.82) is 0 Å². The average Bonchev–Trinajstić information content (AvgIpc) is 3.22. The third-order valence-corrected chi connectivity index (χ3v) is 8.28. The fraction of sp³-hybridized carbons (Fsp3) is 0.778. The van der Waals surface area contributed by atoms with Crippen molar-refractivity contribution in [2.45, 2.75) is 29.6 Å². The number of sulfonamides is 1. The molecule has 0 radical (unpaired) electrons. The minimum Gasteiger partial charge on any atom is -0.383 e. The summed E-state index contributed by atoms with van der Waals surface area (Å²) in [5.74, 6) is 0.134. The first-order valence-electron chi connectivity index (χ1n) is 10.0. The number of carbonyl (C=O) groups excluding carboxylic acids is 1. The van der Waals surface area contributed by atoms with Crippen LogP contribution < -0.4 is 0 Å². The number of carbonyl (C=O) groups is 1. The van der Waals surface area contributed by atoms with Crippen LogP contribution in [0.15, 0.2) is 17.6 Å². The van der Waals surface area contributed by atoms with E-state index in [-0.39, 0.29) is 17.0 Å². The molecule has 4 rings (SSSR count). The van der Waals surface area contributed by atoms with E-state index in [2.05, 4.69) is 14.8 Å². The Balaban J connectivity index is 1.57. The highest BCUT2D eigenvalue weighted by atomic mass is 32.2. The number of amides is 1. The number of fused-ring (bicyclic) bond motifs is 2. The molecule has 0 N–H and O–H groups in total. The van der Waals surface area contributed by atoms with Crippen molar-refractivity contribution in [3.63, 3.8) is 0 Å². The van der Waals surface area contributed by atoms with Crippen LogP contribution in [0.3, 0.4) is 0 Å². The Morgan fingerprint density at radius 2 is 1.93 bits per heavy atom. The highest BCUT2D eigenvalue weighted by molar-refractivity contribution is 7.89. The molecular weight excluding hydrogens is 396 g/mol. The van der Waals surface area contributed by atoms with Gasteiger partial charge in [0.2, 0.25) is 5.91 Å². The summed E-state index contributed by atoms with van der Waals surface area (Å²) in [5.41, 5.74) is -0.433. The van der Waals surface area contributed by atoms with Crippen LogP contribution in [-0.2, 0) is 26.6 Å². The zero-order valence-electron chi connectivity index (χ0n) is 17.3. The minimum atomic E-state index is -3.63. The van der Waals surface area contributed by atoms with E-state index < -0.39 is 15.7 Å². The highest BCUT2D eigenvalue weighted by Gasteiger charge is 2.58. The maximum absolute atomic E-state index is 13.2. The summed E-state index contributed by atoms with van der Waals surface area (Å²) in [4.78, 5) is 23.7. The van der Waals surface area contributed by atoms with Crippen LogP contribution in [0.2, 0.25) is 0 Å². The lowest BCUT2D eigenvalue weighted by molar-refractivity contribution is -0.134. The lowest BCUT2D eigenvalue weighted by atomic mass is 9.94. The first-order valence-corrected chi connectivity index (χ1v) is 11.5. The molecule has 3 aliphatic heterocycles. The Morgan fingerprint density at radius 1 is 1.21 bits per heavy atom. The van der Waals surface area contributed by atoms with Crippen LogP contribution in [0.25, 0.3) is 0 Å². The summed E-state index contributed by atoms with van der Waals surface area (Å²) in [5, 5.41) is 0.0761. The predicted molar refractivity (Wildman–Crippen MR) is 106 cm³/mol. The molecule has 29 heavy (non-hydrogen) atoms. The average molecular weight is 427 g/mol. The van der Waals surface area contributed by atoms with Crippen LogP contribution >= 0.6 is 0 Å². The number of hydrogen-bond acceptors (Lipinski definition) is 7. The smallest absolute Gasteiger partial charge is 0.262 e. The zero-order chi connectivity index (χ0) is 20.8. The second kappa shape index (κ2) is 7.62. The number of nitrogens with zero attached hydrogens (tertiary/aromatic N) is 6. The summed E-state index contributed by atoms with van der Waals surface area (Å²) < 4.78 is 34.3. The molecule has 1 aromatic heterocycles. The Morgan fingerprint density at radius 3 is 2.55 bits per heavy atom. The van der Waals surface area contributed by atoms with Gasteiger partial charge in [-0.15, -0.1) is 0 Å². The van der Waals surface area contributed by atoms with Crippen molar-refractivity contribution in [1.82, 2.24) is 28.6 Å². The summed E-state index contributed by atoms with van der Waals surface area (Å²) in [6.45, 7) is 4.16. The maximum atomic E-state index is 13.2. The summed E-state index contributed by atoms with van der Waals surface area (Å²) in [6, 6.07) is -0.162. The largest absolute Gasteiger partial charge is 0.383 e. The van der Waals surface area contributed by atoms with Gasteiger partial charge in [-0.2, -0.15) is 4.31 Å². The molecule has 4 heterocycles. The predicted octanol–water partition coefficient (Wildman–Crippen LogP) is -0.994. The van der Waals surface area contributed by atoms with Gasteiger partial charge in [-0.05, 0) is 19.9 Å². The van der Waals surface area contributed by atoms with Crippen molar-refractivity contribution < 1.29 is 17.9 Å². The van der Waals surface area contributed by atoms with Crippen molar-refractivity contribution in [2.75, 3.05) is 60.0 Å². The first kappa shape index (κ1) is 20.7. The molecule has 1 amide bonds. The fourth-order valence-corrected chi connectivity index (χ4v) is 6.37. The number of aryl methyl sites for hydroxylation is 1. The fourth-order valence-electron chi connectivity index (χ4n) is 4.97. The quantitative estimate of drug-likeness (QED) is 0.597. The van der Waals surface area contributed by atoms with Crippen LogP contribution in [0, 0.1) is 0 Å². The Kier molecular flexibility index (Phi) is 5.45. The standard InChI is InChI=1S/C18H30N6O4S/c1-20-8-9-23-15(12-20)17(25)24(10-11-28-3)18(23)4-6-22(7-5-18)29(26,27)16-13-21(2)14-19-16/h13-15H,4-12H2,1-3H3/t15-/m1/s1. The lowest BCUT2D eigenvalue weighted by Gasteiger charge is -2.50. The highest BCUT2D eigenvalue weighted by Crippen LogP contribution is 2.42. The first-order chi connectivity index (χ1) is 13.8. The third-order valence-electron chi connectivity index (χ3n) is 6.50. The Labute approximate surface area is 172 Å². The number of piperazine rings is 1. The van der Waals surface area contributed by atoms with Crippen molar-refractivity contribution in [3.05, 3.63) is 12.5 Å². The number of methoxy groups -OCH3 is 1. The van der Waals surface area contributed by atoms with Gasteiger partial charge in [0.1, 0.15) is 6.04 Å². The third kappa shape index (κ3) is 3.38. The van der Waals surface area contributed by atoms with Gasteiger partial charge in [0.15, 0.2) is 5.03 Å². The number of ether oxygens (including phenoxy) is 1. The van der Waals surface area contributed by atoms with E-state index in [4.69, 9.17) is 4.74 Å². The van der Waals surface area contributed by atoms with Crippen molar-refractivity contribution in [2.24, 2.45) is 7.05 Å². The molecule has 0 unspecified atom stereocenters. The topological polar surface area (TPSA) is 91.2 Å². The van der Waals surface area contributed by atoms with Gasteiger partial charge in [0, 0.05) is 59.6 Å². The number of hydrogen-bond donors (Lipinski definition) is 0. The van der Waals surface area contributed by atoms with E-state index in [9.17, 15) is 13.2 Å². The number of aromatic nitrogens is 2. The molecule has 1 spiro atoms. The van der Waals surface area contributed by atoms with Crippen molar-refractivity contribution >= 4 is 15.9 Å². The summed E-state index contributed by atoms with van der Waals surface area (Å²) in [6.07, 6.45) is 4.21. The summed E-state index contributed by atoms with van der Waals surface area (Å²) >= 11 is 0. The van der Waals surface area contributed by atoms with Gasteiger partial charge >= 0.3 is 0 Å². The molecule has 11 heteroatoms. The molecule has 1 atom stereocenters. The summed E-state index contributed by atoms with van der Waals surface area (Å²) in [7, 11) is 1.80. The van der Waals surface area contributed by atoms with Crippen LogP contribution in [0.1, 0.15) is 12.8 Å². The maximum Gasteiger partial charge on any atom is 0.262 e. The van der Waals surface area contributed by atoms with Gasteiger partial charge in [-0.3, -0.25) is 9.69 Å². The van der Waals surface area contributed by atoms with Gasteiger partial charge in [-0.1, -0.05) is 0 Å². The van der Waals surface area contributed by atoms with E-state index in [1.165, 1.54) is 16.8 Å². The second-order valence-corrected chi connectivity index (χ2v) is 10.1.